The minimum atomic E-state index is -0.165. The number of hydrogen-bond donors (Lipinski definition) is 2. The molecule has 0 unspecified atom stereocenters. The van der Waals surface area contributed by atoms with Crippen LogP contribution in [-0.4, -0.2) is 5.91 Å². The Labute approximate surface area is 121 Å². The van der Waals surface area contributed by atoms with E-state index in [1.165, 1.54) is 0 Å². The lowest BCUT2D eigenvalue weighted by molar-refractivity contribution is 0.102. The van der Waals surface area contributed by atoms with Crippen LogP contribution in [0.4, 0.5) is 11.4 Å². The third-order valence-electron chi connectivity index (χ3n) is 2.98. The van der Waals surface area contributed by atoms with Crippen LogP contribution in [-0.2, 0) is 0 Å². The van der Waals surface area contributed by atoms with Gasteiger partial charge in [-0.15, -0.1) is 0 Å². The van der Waals surface area contributed by atoms with E-state index in [4.69, 9.17) is 5.73 Å². The summed E-state index contributed by atoms with van der Waals surface area (Å²) in [6.45, 7) is 3.89. The van der Waals surface area contributed by atoms with Gasteiger partial charge >= 0.3 is 0 Å². The van der Waals surface area contributed by atoms with Gasteiger partial charge in [-0.05, 0) is 43.2 Å². The monoisotopic (exact) mass is 318 g/mol. The Morgan fingerprint density at radius 3 is 2.53 bits per heavy atom. The molecule has 19 heavy (non-hydrogen) atoms. The highest BCUT2D eigenvalue weighted by Gasteiger charge is 2.10. The SMILES string of the molecule is Cc1ccc(C(=O)Nc2c(C)cccc2N)cc1Br. The first-order chi connectivity index (χ1) is 8.99. The summed E-state index contributed by atoms with van der Waals surface area (Å²) in [5.41, 5.74) is 9.75. The van der Waals surface area contributed by atoms with Gasteiger partial charge in [0.2, 0.25) is 0 Å². The number of aryl methyl sites for hydroxylation is 2. The summed E-state index contributed by atoms with van der Waals surface area (Å²) >= 11 is 3.42. The highest BCUT2D eigenvalue weighted by Crippen LogP contribution is 2.24. The van der Waals surface area contributed by atoms with E-state index in [2.05, 4.69) is 21.2 Å². The smallest absolute Gasteiger partial charge is 0.255 e. The predicted octanol–water partition coefficient (Wildman–Crippen LogP) is 3.90. The lowest BCUT2D eigenvalue weighted by atomic mass is 10.1. The van der Waals surface area contributed by atoms with Crippen molar-refractivity contribution in [2.75, 3.05) is 11.1 Å². The fourth-order valence-corrected chi connectivity index (χ4v) is 2.16. The number of para-hydroxylation sites is 1. The molecule has 2 rings (SSSR count). The highest BCUT2D eigenvalue weighted by molar-refractivity contribution is 9.10. The number of carbonyl (C=O) groups excluding carboxylic acids is 1. The Bertz CT molecular complexity index is 618. The van der Waals surface area contributed by atoms with Crippen LogP contribution >= 0.6 is 15.9 Å². The third kappa shape index (κ3) is 2.96. The second kappa shape index (κ2) is 5.45. The van der Waals surface area contributed by atoms with Gasteiger partial charge in [0.1, 0.15) is 0 Å². The molecule has 2 aromatic rings. The van der Waals surface area contributed by atoms with Crippen LogP contribution in [0.2, 0.25) is 0 Å². The summed E-state index contributed by atoms with van der Waals surface area (Å²) < 4.78 is 0.915. The Morgan fingerprint density at radius 2 is 1.89 bits per heavy atom. The van der Waals surface area contributed by atoms with Gasteiger partial charge in [0.15, 0.2) is 0 Å². The zero-order valence-electron chi connectivity index (χ0n) is 10.8. The van der Waals surface area contributed by atoms with Gasteiger partial charge in [0, 0.05) is 10.0 Å². The number of benzene rings is 2. The van der Waals surface area contributed by atoms with Crippen molar-refractivity contribution in [3.05, 3.63) is 57.6 Å². The molecule has 3 nitrogen and oxygen atoms in total. The quantitative estimate of drug-likeness (QED) is 0.825. The number of nitrogen functional groups attached to an aromatic ring is 1. The average molecular weight is 319 g/mol. The molecule has 1 amide bonds. The number of nitrogens with one attached hydrogen (secondary N) is 1. The molecule has 98 valence electrons. The largest absolute Gasteiger partial charge is 0.397 e. The number of carbonyl (C=O) groups is 1. The molecule has 0 bridgehead atoms. The Hall–Kier alpha value is -1.81. The van der Waals surface area contributed by atoms with E-state index >= 15 is 0 Å². The van der Waals surface area contributed by atoms with Crippen molar-refractivity contribution in [3.63, 3.8) is 0 Å². The summed E-state index contributed by atoms with van der Waals surface area (Å²) in [7, 11) is 0. The first kappa shape index (κ1) is 13.6. The maximum Gasteiger partial charge on any atom is 0.255 e. The Kier molecular flexibility index (Phi) is 3.90. The van der Waals surface area contributed by atoms with Gasteiger partial charge in [-0.3, -0.25) is 4.79 Å². The van der Waals surface area contributed by atoms with Crippen molar-refractivity contribution in [2.24, 2.45) is 0 Å². The number of hydrogen-bond acceptors (Lipinski definition) is 2. The molecule has 0 saturated carbocycles. The molecular formula is C15H15BrN2O. The molecule has 0 heterocycles. The number of nitrogens with two attached hydrogens (primary N) is 1. The molecule has 0 aliphatic heterocycles. The predicted molar refractivity (Wildman–Crippen MR) is 82.4 cm³/mol. The zero-order chi connectivity index (χ0) is 14.0. The van der Waals surface area contributed by atoms with Gasteiger partial charge in [0.05, 0.1) is 11.4 Å². The van der Waals surface area contributed by atoms with E-state index in [0.29, 0.717) is 16.9 Å². The Morgan fingerprint density at radius 1 is 1.16 bits per heavy atom. The van der Waals surface area contributed by atoms with Crippen LogP contribution < -0.4 is 11.1 Å². The topological polar surface area (TPSA) is 55.1 Å². The van der Waals surface area contributed by atoms with Crippen LogP contribution in [0.1, 0.15) is 21.5 Å². The fraction of sp³-hybridized carbons (Fsp3) is 0.133. The number of anilines is 2. The number of rotatable bonds is 2. The molecule has 0 aliphatic carbocycles. The van der Waals surface area contributed by atoms with Gasteiger partial charge in [0.25, 0.3) is 5.91 Å². The lowest BCUT2D eigenvalue weighted by Crippen LogP contribution is -2.14. The van der Waals surface area contributed by atoms with Crippen molar-refractivity contribution in [1.82, 2.24) is 0 Å². The third-order valence-corrected chi connectivity index (χ3v) is 3.83. The van der Waals surface area contributed by atoms with E-state index in [9.17, 15) is 4.79 Å². The van der Waals surface area contributed by atoms with Crippen molar-refractivity contribution >= 4 is 33.2 Å². The van der Waals surface area contributed by atoms with Gasteiger partial charge in [-0.2, -0.15) is 0 Å². The van der Waals surface area contributed by atoms with Crippen LogP contribution in [0.25, 0.3) is 0 Å². The minimum Gasteiger partial charge on any atom is -0.397 e. The van der Waals surface area contributed by atoms with Crippen LogP contribution in [0, 0.1) is 13.8 Å². The summed E-state index contributed by atoms with van der Waals surface area (Å²) in [5, 5.41) is 2.86. The first-order valence-electron chi connectivity index (χ1n) is 5.91. The van der Waals surface area contributed by atoms with Gasteiger partial charge in [-0.1, -0.05) is 34.1 Å². The maximum atomic E-state index is 12.2. The molecule has 0 aliphatic rings. The molecule has 0 radical (unpaired) electrons. The first-order valence-corrected chi connectivity index (χ1v) is 6.71. The summed E-state index contributed by atoms with van der Waals surface area (Å²) in [5.74, 6) is -0.165. The van der Waals surface area contributed by atoms with Crippen molar-refractivity contribution in [2.45, 2.75) is 13.8 Å². The van der Waals surface area contributed by atoms with Crippen molar-refractivity contribution in [3.8, 4) is 0 Å². The van der Waals surface area contributed by atoms with E-state index in [1.54, 1.807) is 18.2 Å². The second-order valence-electron chi connectivity index (χ2n) is 4.46. The second-order valence-corrected chi connectivity index (χ2v) is 5.31. The van der Waals surface area contributed by atoms with Crippen molar-refractivity contribution < 1.29 is 4.79 Å². The molecule has 0 aromatic heterocycles. The van der Waals surface area contributed by atoms with Gasteiger partial charge < -0.3 is 11.1 Å². The molecule has 0 atom stereocenters. The number of halogens is 1. The summed E-state index contributed by atoms with van der Waals surface area (Å²) in [6.07, 6.45) is 0. The van der Waals surface area contributed by atoms with E-state index in [0.717, 1.165) is 15.6 Å². The molecule has 4 heteroatoms. The standard InChI is InChI=1S/C15H15BrN2O/c1-9-6-7-11(8-12(9)16)15(19)18-14-10(2)4-3-5-13(14)17/h3-8H,17H2,1-2H3,(H,18,19). The normalized spacial score (nSPS) is 10.3. The van der Waals surface area contributed by atoms with Crippen LogP contribution in [0.5, 0.6) is 0 Å². The van der Waals surface area contributed by atoms with Crippen LogP contribution in [0.15, 0.2) is 40.9 Å². The van der Waals surface area contributed by atoms with E-state index in [-0.39, 0.29) is 5.91 Å². The average Bonchev–Trinajstić information content (AvgIpc) is 2.37. The molecule has 3 N–H and O–H groups in total. The van der Waals surface area contributed by atoms with Crippen LogP contribution in [0.3, 0.4) is 0 Å². The lowest BCUT2D eigenvalue weighted by Gasteiger charge is -2.11. The van der Waals surface area contributed by atoms with E-state index < -0.39 is 0 Å². The molecule has 2 aromatic carbocycles. The molecular weight excluding hydrogens is 304 g/mol. The number of amides is 1. The van der Waals surface area contributed by atoms with E-state index in [1.807, 2.05) is 32.0 Å². The van der Waals surface area contributed by atoms with Gasteiger partial charge in [-0.25, -0.2) is 0 Å². The summed E-state index contributed by atoms with van der Waals surface area (Å²) in [4.78, 5) is 12.2. The Balaban J connectivity index is 2.28. The minimum absolute atomic E-state index is 0.165. The molecule has 0 fully saturated rings. The summed E-state index contributed by atoms with van der Waals surface area (Å²) in [6, 6.07) is 11.1. The highest BCUT2D eigenvalue weighted by atomic mass is 79.9. The fourth-order valence-electron chi connectivity index (χ4n) is 1.78. The maximum absolute atomic E-state index is 12.2. The van der Waals surface area contributed by atoms with Crippen molar-refractivity contribution in [1.29, 1.82) is 0 Å². The molecule has 0 spiro atoms. The zero-order valence-corrected chi connectivity index (χ0v) is 12.4. The molecule has 0 saturated heterocycles.